The molecule has 1 aromatic heterocycles. The maximum Gasteiger partial charge on any atom is 0.409 e. The fourth-order valence-electron chi connectivity index (χ4n) is 2.46. The van der Waals surface area contributed by atoms with E-state index in [2.05, 4.69) is 10.6 Å². The summed E-state index contributed by atoms with van der Waals surface area (Å²) < 4.78 is 10.6. The molecule has 0 aliphatic carbocycles. The van der Waals surface area contributed by atoms with E-state index in [9.17, 15) is 9.59 Å². The fourth-order valence-corrected chi connectivity index (χ4v) is 3.08. The van der Waals surface area contributed by atoms with Gasteiger partial charge < -0.3 is 25.0 Å². The Morgan fingerprint density at radius 1 is 1.27 bits per heavy atom. The van der Waals surface area contributed by atoms with E-state index in [0.29, 0.717) is 38.5 Å². The topological polar surface area (TPSA) is 79.9 Å². The maximum atomic E-state index is 11.9. The van der Waals surface area contributed by atoms with E-state index in [4.69, 9.17) is 9.47 Å². The third kappa shape index (κ3) is 5.38. The summed E-state index contributed by atoms with van der Waals surface area (Å²) in [7, 11) is 0. The van der Waals surface area contributed by atoms with E-state index in [1.165, 1.54) is 0 Å². The number of carbonyl (C=O) groups is 2. The lowest BCUT2D eigenvalue weighted by Gasteiger charge is -2.26. The number of cyclic esters (lactones) is 1. The van der Waals surface area contributed by atoms with Crippen molar-refractivity contribution >= 4 is 29.1 Å². The SMILES string of the molecule is O=C(NCCN1CCCOC1=O)Nc1ccc(OCc2cccs2)cc1. The zero-order valence-electron chi connectivity index (χ0n) is 14.3. The number of thiophene rings is 1. The number of anilines is 1. The van der Waals surface area contributed by atoms with E-state index in [0.717, 1.165) is 17.0 Å². The summed E-state index contributed by atoms with van der Waals surface area (Å²) >= 11 is 1.65. The largest absolute Gasteiger partial charge is 0.488 e. The number of nitrogens with zero attached hydrogens (tertiary/aromatic N) is 1. The van der Waals surface area contributed by atoms with Gasteiger partial charge in [0.2, 0.25) is 0 Å². The van der Waals surface area contributed by atoms with Crippen LogP contribution in [0.4, 0.5) is 15.3 Å². The van der Waals surface area contributed by atoms with Gasteiger partial charge in [-0.2, -0.15) is 0 Å². The molecule has 8 heteroatoms. The molecule has 7 nitrogen and oxygen atoms in total. The molecule has 2 N–H and O–H groups in total. The van der Waals surface area contributed by atoms with Gasteiger partial charge in [0.05, 0.1) is 6.61 Å². The quantitative estimate of drug-likeness (QED) is 0.778. The highest BCUT2D eigenvalue weighted by atomic mass is 32.1. The lowest BCUT2D eigenvalue weighted by Crippen LogP contribution is -2.43. The molecule has 1 aromatic carbocycles. The molecule has 3 rings (SSSR count). The average Bonchev–Trinajstić information content (AvgIpc) is 3.16. The molecule has 1 aliphatic heterocycles. The molecule has 138 valence electrons. The third-order valence-electron chi connectivity index (χ3n) is 3.80. The molecule has 2 heterocycles. The Morgan fingerprint density at radius 3 is 2.85 bits per heavy atom. The third-order valence-corrected chi connectivity index (χ3v) is 4.65. The molecule has 0 bridgehead atoms. The van der Waals surface area contributed by atoms with Gasteiger partial charge in [0, 0.05) is 30.2 Å². The highest BCUT2D eigenvalue weighted by Crippen LogP contribution is 2.18. The van der Waals surface area contributed by atoms with Crippen molar-refractivity contribution < 1.29 is 19.1 Å². The van der Waals surface area contributed by atoms with Gasteiger partial charge in [-0.3, -0.25) is 0 Å². The van der Waals surface area contributed by atoms with Crippen LogP contribution in [0.2, 0.25) is 0 Å². The van der Waals surface area contributed by atoms with E-state index in [1.54, 1.807) is 28.4 Å². The number of hydrogen-bond donors (Lipinski definition) is 2. The summed E-state index contributed by atoms with van der Waals surface area (Å²) in [6, 6.07) is 10.9. The molecular weight excluding hydrogens is 354 g/mol. The van der Waals surface area contributed by atoms with Crippen molar-refractivity contribution in [3.63, 3.8) is 0 Å². The Balaban J connectivity index is 1.37. The van der Waals surface area contributed by atoms with Crippen LogP contribution in [0.15, 0.2) is 41.8 Å². The summed E-state index contributed by atoms with van der Waals surface area (Å²) in [5.74, 6) is 0.743. The maximum absolute atomic E-state index is 11.9. The summed E-state index contributed by atoms with van der Waals surface area (Å²) in [6.07, 6.45) is 0.496. The normalized spacial score (nSPS) is 13.8. The number of urea groups is 1. The number of nitrogens with one attached hydrogen (secondary N) is 2. The highest BCUT2D eigenvalue weighted by molar-refractivity contribution is 7.09. The highest BCUT2D eigenvalue weighted by Gasteiger charge is 2.18. The van der Waals surface area contributed by atoms with Gasteiger partial charge in [0.15, 0.2) is 0 Å². The molecule has 1 saturated heterocycles. The number of hydrogen-bond acceptors (Lipinski definition) is 5. The second-order valence-corrected chi connectivity index (χ2v) is 6.76. The monoisotopic (exact) mass is 375 g/mol. The minimum Gasteiger partial charge on any atom is -0.488 e. The first kappa shape index (κ1) is 18.1. The van der Waals surface area contributed by atoms with Crippen molar-refractivity contribution in [3.05, 3.63) is 46.7 Å². The molecular formula is C18H21N3O4S. The van der Waals surface area contributed by atoms with Crippen LogP contribution in [0.1, 0.15) is 11.3 Å². The average molecular weight is 375 g/mol. The number of benzene rings is 1. The standard InChI is InChI=1S/C18H21N3O4S/c22-17(19-8-10-21-9-2-11-24-18(21)23)20-14-4-6-15(7-5-14)25-13-16-3-1-12-26-16/h1,3-7,12H,2,8-11,13H2,(H2,19,20,22). The van der Waals surface area contributed by atoms with Crippen molar-refractivity contribution in [1.82, 2.24) is 10.2 Å². The predicted molar refractivity (Wildman–Crippen MR) is 99.7 cm³/mol. The molecule has 3 amide bonds. The zero-order valence-corrected chi connectivity index (χ0v) is 15.1. The molecule has 0 spiro atoms. The molecule has 1 aliphatic rings. The fraction of sp³-hybridized carbons (Fsp3) is 0.333. The van der Waals surface area contributed by atoms with Crippen LogP contribution in [0.3, 0.4) is 0 Å². The first-order valence-electron chi connectivity index (χ1n) is 8.42. The van der Waals surface area contributed by atoms with Gasteiger partial charge in [-0.05, 0) is 42.1 Å². The van der Waals surface area contributed by atoms with E-state index < -0.39 is 0 Å². The Bertz CT molecular complexity index is 719. The number of amides is 3. The van der Waals surface area contributed by atoms with Crippen LogP contribution in [0, 0.1) is 0 Å². The lowest BCUT2D eigenvalue weighted by molar-refractivity contribution is 0.0736. The van der Waals surface area contributed by atoms with Crippen molar-refractivity contribution in [3.8, 4) is 5.75 Å². The molecule has 0 atom stereocenters. The molecule has 1 fully saturated rings. The predicted octanol–water partition coefficient (Wildman–Crippen LogP) is 3.29. The smallest absolute Gasteiger partial charge is 0.409 e. The lowest BCUT2D eigenvalue weighted by atomic mass is 10.3. The van der Waals surface area contributed by atoms with E-state index in [1.807, 2.05) is 29.6 Å². The molecule has 0 saturated carbocycles. The van der Waals surface area contributed by atoms with Crippen molar-refractivity contribution in [2.75, 3.05) is 31.6 Å². The van der Waals surface area contributed by atoms with Gasteiger partial charge in [0.25, 0.3) is 0 Å². The minimum atomic E-state index is -0.323. The van der Waals surface area contributed by atoms with E-state index in [-0.39, 0.29) is 12.1 Å². The van der Waals surface area contributed by atoms with Crippen LogP contribution in [0.5, 0.6) is 5.75 Å². The van der Waals surface area contributed by atoms with Crippen LogP contribution < -0.4 is 15.4 Å². The van der Waals surface area contributed by atoms with Crippen LogP contribution in [-0.4, -0.2) is 43.3 Å². The molecule has 2 aromatic rings. The van der Waals surface area contributed by atoms with Gasteiger partial charge in [-0.25, -0.2) is 9.59 Å². The summed E-state index contributed by atoms with van der Waals surface area (Å²) in [6.45, 7) is 2.46. The van der Waals surface area contributed by atoms with Gasteiger partial charge in [-0.1, -0.05) is 6.07 Å². The summed E-state index contributed by atoms with van der Waals surface area (Å²) in [5.41, 5.74) is 0.670. The van der Waals surface area contributed by atoms with Gasteiger partial charge in [-0.15, -0.1) is 11.3 Å². The van der Waals surface area contributed by atoms with Crippen LogP contribution in [0.25, 0.3) is 0 Å². The first-order chi connectivity index (χ1) is 12.7. The van der Waals surface area contributed by atoms with Crippen LogP contribution in [-0.2, 0) is 11.3 Å². The Hall–Kier alpha value is -2.74. The van der Waals surface area contributed by atoms with Crippen molar-refractivity contribution in [2.24, 2.45) is 0 Å². The Labute approximate surface area is 155 Å². The second-order valence-electron chi connectivity index (χ2n) is 5.73. The Kier molecular flexibility index (Phi) is 6.32. The zero-order chi connectivity index (χ0) is 18.2. The molecule has 0 radical (unpaired) electrons. The first-order valence-corrected chi connectivity index (χ1v) is 9.30. The van der Waals surface area contributed by atoms with Crippen LogP contribution >= 0.6 is 11.3 Å². The van der Waals surface area contributed by atoms with Crippen molar-refractivity contribution in [1.29, 1.82) is 0 Å². The minimum absolute atomic E-state index is 0.317. The number of carbonyl (C=O) groups excluding carboxylic acids is 2. The van der Waals surface area contributed by atoms with E-state index >= 15 is 0 Å². The van der Waals surface area contributed by atoms with Crippen molar-refractivity contribution in [2.45, 2.75) is 13.0 Å². The molecule has 26 heavy (non-hydrogen) atoms. The molecule has 0 unspecified atom stereocenters. The number of ether oxygens (including phenoxy) is 2. The van der Waals surface area contributed by atoms with Gasteiger partial charge >= 0.3 is 12.1 Å². The second kappa shape index (κ2) is 9.10. The Morgan fingerprint density at radius 2 is 2.12 bits per heavy atom. The number of rotatable bonds is 7. The summed E-state index contributed by atoms with van der Waals surface area (Å²) in [4.78, 5) is 26.1. The summed E-state index contributed by atoms with van der Waals surface area (Å²) in [5, 5.41) is 7.49. The van der Waals surface area contributed by atoms with Gasteiger partial charge in [0.1, 0.15) is 12.4 Å².